The molecule has 3 N–H and O–H groups in total. The third kappa shape index (κ3) is 2.11. The lowest BCUT2D eigenvalue weighted by Crippen LogP contribution is -2.31. The number of aromatic nitrogens is 2. The maximum Gasteiger partial charge on any atom is 0.166 e. The van der Waals surface area contributed by atoms with Gasteiger partial charge >= 0.3 is 0 Å². The van der Waals surface area contributed by atoms with Gasteiger partial charge in [0.2, 0.25) is 0 Å². The van der Waals surface area contributed by atoms with E-state index >= 15 is 0 Å². The number of para-hydroxylation sites is 1. The van der Waals surface area contributed by atoms with Crippen LogP contribution in [0.1, 0.15) is 17.3 Å². The highest BCUT2D eigenvalue weighted by Gasteiger charge is 2.26. The number of nitrogens with two attached hydrogens (primary N) is 1. The van der Waals surface area contributed by atoms with Crippen LogP contribution in [-0.2, 0) is 7.05 Å². The molecule has 1 unspecified atom stereocenters. The lowest BCUT2D eigenvalue weighted by molar-refractivity contribution is 0.169. The largest absolute Gasteiger partial charge is 0.486 e. The Bertz CT molecular complexity index is 609. The molecular formula is C13H15ClN4O2. The molecule has 0 amide bonds. The Morgan fingerprint density at radius 1 is 1.40 bits per heavy atom. The van der Waals surface area contributed by atoms with Gasteiger partial charge in [-0.25, -0.2) is 5.43 Å². The minimum Gasteiger partial charge on any atom is -0.486 e. The van der Waals surface area contributed by atoms with Crippen LogP contribution in [0.3, 0.4) is 0 Å². The number of hydrogen-bond donors (Lipinski definition) is 2. The molecule has 0 radical (unpaired) electrons. The molecule has 0 fully saturated rings. The normalized spacial score (nSPS) is 15.2. The minimum absolute atomic E-state index is 0.327. The first kappa shape index (κ1) is 13.2. The molecule has 0 saturated heterocycles. The molecule has 7 heteroatoms. The predicted octanol–water partition coefficient (Wildman–Crippen LogP) is 1.40. The summed E-state index contributed by atoms with van der Waals surface area (Å²) in [5.74, 6) is 7.13. The number of nitrogens with zero attached hydrogens (tertiary/aromatic N) is 2. The van der Waals surface area contributed by atoms with Crippen LogP contribution in [0, 0.1) is 0 Å². The summed E-state index contributed by atoms with van der Waals surface area (Å²) in [4.78, 5) is 0. The maximum absolute atomic E-state index is 6.20. The number of ether oxygens (including phenoxy) is 2. The monoisotopic (exact) mass is 294 g/mol. The Labute approximate surface area is 121 Å². The van der Waals surface area contributed by atoms with Crippen molar-refractivity contribution < 1.29 is 9.47 Å². The van der Waals surface area contributed by atoms with Crippen LogP contribution in [0.25, 0.3) is 0 Å². The van der Waals surface area contributed by atoms with Crippen LogP contribution in [0.15, 0.2) is 24.4 Å². The highest BCUT2D eigenvalue weighted by Crippen LogP contribution is 2.39. The van der Waals surface area contributed by atoms with Crippen LogP contribution >= 0.6 is 11.6 Å². The average molecular weight is 295 g/mol. The molecular weight excluding hydrogens is 280 g/mol. The Balaban J connectivity index is 2.11. The van der Waals surface area contributed by atoms with E-state index in [-0.39, 0.29) is 6.04 Å². The standard InChI is InChI=1S/C13H15ClN4O2/c1-18-12(9(14)7-16-18)11(17-15)8-3-2-4-10-13(8)20-6-5-19-10/h2-4,7,11,17H,5-6,15H2,1H3. The first-order chi connectivity index (χ1) is 9.72. The molecule has 1 aliphatic heterocycles. The smallest absolute Gasteiger partial charge is 0.166 e. The summed E-state index contributed by atoms with van der Waals surface area (Å²) in [6.45, 7) is 1.06. The number of benzene rings is 1. The van der Waals surface area contributed by atoms with E-state index in [1.165, 1.54) is 0 Å². The molecule has 0 bridgehead atoms. The van der Waals surface area contributed by atoms with E-state index in [9.17, 15) is 0 Å². The summed E-state index contributed by atoms with van der Waals surface area (Å²) in [7, 11) is 1.82. The molecule has 20 heavy (non-hydrogen) atoms. The second kappa shape index (κ2) is 5.32. The molecule has 0 saturated carbocycles. The van der Waals surface area contributed by atoms with Gasteiger partial charge in [-0.15, -0.1) is 0 Å². The number of fused-ring (bicyclic) bond motifs is 1. The Morgan fingerprint density at radius 3 is 2.90 bits per heavy atom. The molecule has 2 aromatic rings. The van der Waals surface area contributed by atoms with Crippen molar-refractivity contribution in [2.24, 2.45) is 12.9 Å². The summed E-state index contributed by atoms with van der Waals surface area (Å²) < 4.78 is 13.0. The molecule has 1 aromatic heterocycles. The lowest BCUT2D eigenvalue weighted by atomic mass is 10.0. The van der Waals surface area contributed by atoms with Crippen molar-refractivity contribution >= 4 is 11.6 Å². The van der Waals surface area contributed by atoms with Crippen molar-refractivity contribution in [2.75, 3.05) is 13.2 Å². The highest BCUT2D eigenvalue weighted by atomic mass is 35.5. The van der Waals surface area contributed by atoms with Gasteiger partial charge in [0.05, 0.1) is 23.0 Å². The topological polar surface area (TPSA) is 74.3 Å². The van der Waals surface area contributed by atoms with Crippen molar-refractivity contribution in [1.82, 2.24) is 15.2 Å². The van der Waals surface area contributed by atoms with E-state index in [0.717, 1.165) is 11.3 Å². The zero-order chi connectivity index (χ0) is 14.1. The summed E-state index contributed by atoms with van der Waals surface area (Å²) in [6, 6.07) is 5.38. The van der Waals surface area contributed by atoms with Crippen LogP contribution < -0.4 is 20.7 Å². The Kier molecular flexibility index (Phi) is 3.52. The van der Waals surface area contributed by atoms with Crippen molar-refractivity contribution in [3.05, 3.63) is 40.7 Å². The Hall–Kier alpha value is -1.76. The van der Waals surface area contributed by atoms with Gasteiger partial charge in [0.1, 0.15) is 13.2 Å². The fourth-order valence-corrected chi connectivity index (χ4v) is 2.66. The van der Waals surface area contributed by atoms with E-state index in [1.54, 1.807) is 10.9 Å². The second-order valence-corrected chi connectivity index (χ2v) is 4.88. The fraction of sp³-hybridized carbons (Fsp3) is 0.308. The molecule has 1 aromatic carbocycles. The lowest BCUT2D eigenvalue weighted by Gasteiger charge is -2.25. The van der Waals surface area contributed by atoms with Crippen molar-refractivity contribution in [3.8, 4) is 11.5 Å². The van der Waals surface area contributed by atoms with Gasteiger partial charge in [-0.1, -0.05) is 23.7 Å². The average Bonchev–Trinajstić information content (AvgIpc) is 2.81. The van der Waals surface area contributed by atoms with E-state index in [1.807, 2.05) is 25.2 Å². The van der Waals surface area contributed by atoms with E-state index < -0.39 is 0 Å². The molecule has 3 rings (SSSR count). The molecule has 1 aliphatic rings. The number of hydrazine groups is 1. The third-order valence-electron chi connectivity index (χ3n) is 3.29. The Morgan fingerprint density at radius 2 is 2.20 bits per heavy atom. The van der Waals surface area contributed by atoms with Gasteiger partial charge < -0.3 is 9.47 Å². The second-order valence-electron chi connectivity index (χ2n) is 4.47. The van der Waals surface area contributed by atoms with Gasteiger partial charge in [0, 0.05) is 12.6 Å². The number of nitrogens with one attached hydrogen (secondary N) is 1. The van der Waals surface area contributed by atoms with Gasteiger partial charge in [-0.3, -0.25) is 10.5 Å². The van der Waals surface area contributed by atoms with Gasteiger partial charge in [0.25, 0.3) is 0 Å². The van der Waals surface area contributed by atoms with Crippen LogP contribution in [0.4, 0.5) is 0 Å². The van der Waals surface area contributed by atoms with E-state index in [2.05, 4.69) is 10.5 Å². The first-order valence-corrected chi connectivity index (χ1v) is 6.62. The van der Waals surface area contributed by atoms with Gasteiger partial charge in [-0.05, 0) is 6.07 Å². The SMILES string of the molecule is Cn1ncc(Cl)c1C(NN)c1cccc2c1OCCO2. The third-order valence-corrected chi connectivity index (χ3v) is 3.58. The van der Waals surface area contributed by atoms with Crippen molar-refractivity contribution in [1.29, 1.82) is 0 Å². The molecule has 6 nitrogen and oxygen atoms in total. The number of halogens is 1. The number of hydrogen-bond acceptors (Lipinski definition) is 5. The van der Waals surface area contributed by atoms with Crippen LogP contribution in [-0.4, -0.2) is 23.0 Å². The highest BCUT2D eigenvalue weighted by molar-refractivity contribution is 6.31. The predicted molar refractivity (Wildman–Crippen MR) is 74.8 cm³/mol. The van der Waals surface area contributed by atoms with Gasteiger partial charge in [-0.2, -0.15) is 5.10 Å². The zero-order valence-electron chi connectivity index (χ0n) is 11.0. The first-order valence-electron chi connectivity index (χ1n) is 6.24. The van der Waals surface area contributed by atoms with Crippen molar-refractivity contribution in [3.63, 3.8) is 0 Å². The summed E-state index contributed by atoms with van der Waals surface area (Å²) in [6.07, 6.45) is 1.59. The number of rotatable bonds is 3. The van der Waals surface area contributed by atoms with Crippen LogP contribution in [0.5, 0.6) is 11.5 Å². The van der Waals surface area contributed by atoms with E-state index in [4.69, 9.17) is 26.9 Å². The zero-order valence-corrected chi connectivity index (χ0v) is 11.7. The maximum atomic E-state index is 6.20. The molecule has 1 atom stereocenters. The van der Waals surface area contributed by atoms with Gasteiger partial charge in [0.15, 0.2) is 11.5 Å². The minimum atomic E-state index is -0.327. The van der Waals surface area contributed by atoms with E-state index in [0.29, 0.717) is 29.7 Å². The molecule has 106 valence electrons. The molecule has 0 aliphatic carbocycles. The van der Waals surface area contributed by atoms with Crippen LogP contribution in [0.2, 0.25) is 5.02 Å². The molecule has 0 spiro atoms. The summed E-state index contributed by atoms with van der Waals surface area (Å²) in [5, 5.41) is 4.69. The summed E-state index contributed by atoms with van der Waals surface area (Å²) >= 11 is 6.20. The quantitative estimate of drug-likeness (QED) is 0.661. The fourth-order valence-electron chi connectivity index (χ4n) is 2.38. The summed E-state index contributed by atoms with van der Waals surface area (Å²) in [5.41, 5.74) is 4.42. The number of aryl methyl sites for hydroxylation is 1. The van der Waals surface area contributed by atoms with Crippen molar-refractivity contribution in [2.45, 2.75) is 6.04 Å². The molecule has 2 heterocycles.